The van der Waals surface area contributed by atoms with Crippen molar-refractivity contribution in [2.75, 3.05) is 5.32 Å². The lowest BCUT2D eigenvalue weighted by molar-refractivity contribution is 0.0693. The maximum atomic E-state index is 13.6. The fourth-order valence-electron chi connectivity index (χ4n) is 1.61. The van der Waals surface area contributed by atoms with Gasteiger partial charge in [0.25, 0.3) is 0 Å². The number of halogens is 2. The number of hydrogen-bond acceptors (Lipinski definition) is 3. The van der Waals surface area contributed by atoms with E-state index in [1.807, 2.05) is 0 Å². The van der Waals surface area contributed by atoms with Gasteiger partial charge in [0.05, 0.1) is 23.8 Å². The number of carboxylic acids is 1. The second-order valence-electron chi connectivity index (χ2n) is 3.96. The highest BCUT2D eigenvalue weighted by Gasteiger charge is 2.17. The molecule has 0 saturated carbocycles. The molecule has 1 aromatic heterocycles. The number of anilines is 2. The monoisotopic (exact) mass is 264 g/mol. The summed E-state index contributed by atoms with van der Waals surface area (Å²) in [6, 6.07) is 4.38. The molecule has 0 spiro atoms. The van der Waals surface area contributed by atoms with E-state index in [0.717, 1.165) is 18.0 Å². The highest BCUT2D eigenvalue weighted by Crippen LogP contribution is 2.24. The van der Waals surface area contributed by atoms with E-state index in [1.165, 1.54) is 12.1 Å². The zero-order chi connectivity index (χ0) is 14.0. The predicted molar refractivity (Wildman–Crippen MR) is 65.6 cm³/mol. The van der Waals surface area contributed by atoms with E-state index in [4.69, 9.17) is 5.11 Å². The molecular weight excluding hydrogens is 254 g/mol. The molecule has 0 amide bonds. The lowest BCUT2D eigenvalue weighted by atomic mass is 10.2. The first-order chi connectivity index (χ1) is 8.99. The Balaban J connectivity index is 2.44. The van der Waals surface area contributed by atoms with Crippen molar-refractivity contribution in [1.82, 2.24) is 4.98 Å². The number of pyridine rings is 1. The van der Waals surface area contributed by atoms with Crippen LogP contribution in [0.25, 0.3) is 0 Å². The Morgan fingerprint density at radius 3 is 2.58 bits per heavy atom. The van der Waals surface area contributed by atoms with E-state index < -0.39 is 23.2 Å². The molecule has 0 aliphatic rings. The molecule has 0 unspecified atom stereocenters. The largest absolute Gasteiger partial charge is 0.478 e. The summed E-state index contributed by atoms with van der Waals surface area (Å²) in [5.74, 6) is -2.99. The molecule has 4 nitrogen and oxygen atoms in total. The van der Waals surface area contributed by atoms with Crippen molar-refractivity contribution in [1.29, 1.82) is 0 Å². The average molecular weight is 264 g/mol. The fourth-order valence-corrected chi connectivity index (χ4v) is 1.61. The average Bonchev–Trinajstić information content (AvgIpc) is 2.32. The van der Waals surface area contributed by atoms with Crippen LogP contribution in [0.5, 0.6) is 0 Å². The number of nitrogens with one attached hydrogen (secondary N) is 1. The van der Waals surface area contributed by atoms with Gasteiger partial charge in [0.15, 0.2) is 5.82 Å². The molecular formula is C13H10F2N2O2. The third-order valence-electron chi connectivity index (χ3n) is 2.51. The number of hydrogen-bond donors (Lipinski definition) is 2. The Morgan fingerprint density at radius 2 is 1.95 bits per heavy atom. The zero-order valence-electron chi connectivity index (χ0n) is 9.95. The highest BCUT2D eigenvalue weighted by molar-refractivity contribution is 5.95. The van der Waals surface area contributed by atoms with E-state index in [0.29, 0.717) is 0 Å². The minimum Gasteiger partial charge on any atom is -0.478 e. The molecule has 2 rings (SSSR count). The van der Waals surface area contributed by atoms with Gasteiger partial charge in [-0.25, -0.2) is 13.6 Å². The molecule has 0 atom stereocenters. The quantitative estimate of drug-likeness (QED) is 0.894. The lowest BCUT2D eigenvalue weighted by Gasteiger charge is -2.10. The van der Waals surface area contributed by atoms with Gasteiger partial charge in [0, 0.05) is 0 Å². The summed E-state index contributed by atoms with van der Waals surface area (Å²) < 4.78 is 27.0. The van der Waals surface area contributed by atoms with Crippen molar-refractivity contribution >= 4 is 17.3 Å². The summed E-state index contributed by atoms with van der Waals surface area (Å²) in [5, 5.41) is 11.5. The van der Waals surface area contributed by atoms with Gasteiger partial charge in [-0.05, 0) is 24.6 Å². The minimum atomic E-state index is -1.45. The van der Waals surface area contributed by atoms with Gasteiger partial charge in [-0.1, -0.05) is 6.07 Å². The van der Waals surface area contributed by atoms with Gasteiger partial charge >= 0.3 is 5.97 Å². The molecule has 0 radical (unpaired) electrons. The van der Waals surface area contributed by atoms with Crippen molar-refractivity contribution in [2.45, 2.75) is 6.92 Å². The number of rotatable bonds is 3. The Kier molecular flexibility index (Phi) is 3.41. The van der Waals surface area contributed by atoms with Crippen molar-refractivity contribution in [3.8, 4) is 0 Å². The Morgan fingerprint density at radius 1 is 1.21 bits per heavy atom. The number of nitrogens with zero attached hydrogens (tertiary/aromatic N) is 1. The number of aromatic nitrogens is 1. The SMILES string of the molecule is Cc1ccc(Nc2cncc(F)c2C(=O)O)c(F)c1. The van der Waals surface area contributed by atoms with E-state index in [2.05, 4.69) is 10.3 Å². The number of carbonyl (C=O) groups is 1. The van der Waals surface area contributed by atoms with Crippen LogP contribution in [0, 0.1) is 18.6 Å². The van der Waals surface area contributed by atoms with Crippen LogP contribution in [0.15, 0.2) is 30.6 Å². The molecule has 6 heteroatoms. The standard InChI is InChI=1S/C13H10F2N2O2/c1-7-2-3-10(8(14)4-7)17-11-6-16-5-9(15)12(11)13(18)19/h2-6,17H,1H3,(H,18,19). The number of benzene rings is 1. The lowest BCUT2D eigenvalue weighted by Crippen LogP contribution is -2.07. The molecule has 1 aromatic carbocycles. The number of carboxylic acid groups (broad SMARTS) is 1. The van der Waals surface area contributed by atoms with Crippen LogP contribution < -0.4 is 5.32 Å². The summed E-state index contributed by atoms with van der Waals surface area (Å²) in [6.07, 6.45) is 1.92. The second kappa shape index (κ2) is 5.01. The zero-order valence-corrected chi connectivity index (χ0v) is 9.95. The Bertz CT molecular complexity index is 645. The topological polar surface area (TPSA) is 62.2 Å². The first-order valence-corrected chi connectivity index (χ1v) is 5.39. The normalized spacial score (nSPS) is 10.3. The molecule has 0 aliphatic heterocycles. The summed E-state index contributed by atoms with van der Waals surface area (Å²) in [4.78, 5) is 14.5. The molecule has 1 heterocycles. The molecule has 0 aliphatic carbocycles. The van der Waals surface area contributed by atoms with Gasteiger partial charge in [0.2, 0.25) is 0 Å². The molecule has 2 aromatic rings. The van der Waals surface area contributed by atoms with Crippen molar-refractivity contribution < 1.29 is 18.7 Å². The van der Waals surface area contributed by atoms with Crippen LogP contribution >= 0.6 is 0 Å². The third kappa shape index (κ3) is 2.67. The predicted octanol–water partition coefficient (Wildman–Crippen LogP) is 3.11. The van der Waals surface area contributed by atoms with Crippen molar-refractivity contribution in [3.63, 3.8) is 0 Å². The van der Waals surface area contributed by atoms with E-state index in [1.54, 1.807) is 13.0 Å². The summed E-state index contributed by atoms with van der Waals surface area (Å²) in [6.45, 7) is 1.72. The van der Waals surface area contributed by atoms with E-state index in [-0.39, 0.29) is 11.4 Å². The second-order valence-corrected chi connectivity index (χ2v) is 3.96. The van der Waals surface area contributed by atoms with Crippen LogP contribution in [0.4, 0.5) is 20.2 Å². The van der Waals surface area contributed by atoms with Gasteiger partial charge in [-0.3, -0.25) is 4.98 Å². The van der Waals surface area contributed by atoms with Crippen LogP contribution in [0.3, 0.4) is 0 Å². The van der Waals surface area contributed by atoms with Gasteiger partial charge in [-0.15, -0.1) is 0 Å². The van der Waals surface area contributed by atoms with Crippen LogP contribution in [-0.4, -0.2) is 16.1 Å². The molecule has 0 saturated heterocycles. The third-order valence-corrected chi connectivity index (χ3v) is 2.51. The van der Waals surface area contributed by atoms with Crippen LogP contribution in [-0.2, 0) is 0 Å². The van der Waals surface area contributed by atoms with E-state index >= 15 is 0 Å². The van der Waals surface area contributed by atoms with Crippen LogP contribution in [0.2, 0.25) is 0 Å². The first-order valence-electron chi connectivity index (χ1n) is 5.39. The number of aryl methyl sites for hydroxylation is 1. The van der Waals surface area contributed by atoms with E-state index in [9.17, 15) is 13.6 Å². The molecule has 2 N–H and O–H groups in total. The fraction of sp³-hybridized carbons (Fsp3) is 0.0769. The van der Waals surface area contributed by atoms with Crippen molar-refractivity contribution in [2.24, 2.45) is 0 Å². The summed E-state index contributed by atoms with van der Waals surface area (Å²) in [5.41, 5.74) is 0.101. The summed E-state index contributed by atoms with van der Waals surface area (Å²) in [7, 11) is 0. The maximum Gasteiger partial charge on any atom is 0.340 e. The number of aromatic carboxylic acids is 1. The van der Waals surface area contributed by atoms with Gasteiger partial charge in [-0.2, -0.15) is 0 Å². The molecule has 0 fully saturated rings. The molecule has 98 valence electrons. The summed E-state index contributed by atoms with van der Waals surface area (Å²) >= 11 is 0. The first kappa shape index (κ1) is 12.9. The molecule has 0 bridgehead atoms. The Labute approximate surface area is 107 Å². The Hall–Kier alpha value is -2.50. The smallest absolute Gasteiger partial charge is 0.340 e. The highest BCUT2D eigenvalue weighted by atomic mass is 19.1. The van der Waals surface area contributed by atoms with Gasteiger partial charge < -0.3 is 10.4 Å². The van der Waals surface area contributed by atoms with Crippen molar-refractivity contribution in [3.05, 3.63) is 53.4 Å². The van der Waals surface area contributed by atoms with Gasteiger partial charge in [0.1, 0.15) is 11.4 Å². The minimum absolute atomic E-state index is 0.0560. The maximum absolute atomic E-state index is 13.6. The van der Waals surface area contributed by atoms with Crippen LogP contribution in [0.1, 0.15) is 15.9 Å². The molecule has 19 heavy (non-hydrogen) atoms.